The number of morpholine rings is 1. The summed E-state index contributed by atoms with van der Waals surface area (Å²) in [4.78, 5) is 18.8. The SMILES string of the molecule is Cc1cc(C#N)cc2c1cc(Cc1c(Cl)cnc(C(=O)N3CCOCC3)c1Cl)n2C. The van der Waals surface area contributed by atoms with Gasteiger partial charge in [-0.3, -0.25) is 4.79 Å². The number of aryl methyl sites for hydroxylation is 2. The first-order valence-electron chi connectivity index (χ1n) is 9.59. The molecule has 0 N–H and O–H groups in total. The van der Waals surface area contributed by atoms with Crippen LogP contribution in [-0.4, -0.2) is 46.7 Å². The number of rotatable bonds is 3. The van der Waals surface area contributed by atoms with Crippen LogP contribution in [0.3, 0.4) is 0 Å². The molecule has 0 aliphatic carbocycles. The lowest BCUT2D eigenvalue weighted by atomic mass is 10.1. The highest BCUT2D eigenvalue weighted by Gasteiger charge is 2.25. The van der Waals surface area contributed by atoms with E-state index < -0.39 is 0 Å². The number of halogens is 2. The molecule has 1 aliphatic heterocycles. The Morgan fingerprint density at radius 1 is 1.27 bits per heavy atom. The molecule has 0 unspecified atom stereocenters. The second-order valence-corrected chi connectivity index (χ2v) is 8.15. The fourth-order valence-corrected chi connectivity index (χ4v) is 4.37. The Morgan fingerprint density at radius 3 is 2.70 bits per heavy atom. The van der Waals surface area contributed by atoms with E-state index in [1.54, 1.807) is 4.90 Å². The standard InChI is InChI=1S/C22H20Cl2N4O2/c1-13-7-14(11-25)8-19-16(13)9-15(27(19)2)10-17-18(23)12-26-21(20(17)24)22(29)28-3-5-30-6-4-28/h7-9,12H,3-6,10H2,1-2H3. The van der Waals surface area contributed by atoms with Gasteiger partial charge in [-0.1, -0.05) is 23.2 Å². The van der Waals surface area contributed by atoms with Crippen molar-refractivity contribution in [2.24, 2.45) is 7.05 Å². The molecule has 1 fully saturated rings. The zero-order valence-corrected chi connectivity index (χ0v) is 18.2. The summed E-state index contributed by atoms with van der Waals surface area (Å²) in [5.74, 6) is -0.215. The number of carbonyl (C=O) groups excluding carboxylic acids is 1. The molecule has 1 amide bonds. The number of ether oxygens (including phenoxy) is 1. The molecule has 2 aromatic heterocycles. The summed E-state index contributed by atoms with van der Waals surface area (Å²) in [6.45, 7) is 4.02. The third-order valence-corrected chi connectivity index (χ3v) is 6.26. The Morgan fingerprint density at radius 2 is 2.00 bits per heavy atom. The van der Waals surface area contributed by atoms with Crippen molar-refractivity contribution < 1.29 is 9.53 Å². The van der Waals surface area contributed by atoms with Crippen LogP contribution in [0.5, 0.6) is 0 Å². The highest BCUT2D eigenvalue weighted by Crippen LogP contribution is 2.32. The number of hydrogen-bond donors (Lipinski definition) is 0. The van der Waals surface area contributed by atoms with Crippen LogP contribution < -0.4 is 0 Å². The zero-order chi connectivity index (χ0) is 21.4. The Balaban J connectivity index is 1.73. The summed E-state index contributed by atoms with van der Waals surface area (Å²) in [7, 11) is 1.95. The van der Waals surface area contributed by atoms with Gasteiger partial charge in [-0.25, -0.2) is 4.98 Å². The van der Waals surface area contributed by atoms with Gasteiger partial charge >= 0.3 is 0 Å². The van der Waals surface area contributed by atoms with Gasteiger partial charge in [0.1, 0.15) is 5.69 Å². The van der Waals surface area contributed by atoms with Gasteiger partial charge in [-0.2, -0.15) is 5.26 Å². The number of fused-ring (bicyclic) bond motifs is 1. The number of amides is 1. The number of carbonyl (C=O) groups is 1. The normalized spacial score (nSPS) is 14.2. The molecule has 0 saturated carbocycles. The molecule has 30 heavy (non-hydrogen) atoms. The van der Waals surface area contributed by atoms with Crippen LogP contribution in [-0.2, 0) is 18.2 Å². The first-order valence-corrected chi connectivity index (χ1v) is 10.3. The second kappa shape index (κ2) is 8.27. The van der Waals surface area contributed by atoms with E-state index >= 15 is 0 Å². The molecule has 0 bridgehead atoms. The van der Waals surface area contributed by atoms with E-state index in [-0.39, 0.29) is 16.6 Å². The molecule has 6 nitrogen and oxygen atoms in total. The number of pyridine rings is 1. The van der Waals surface area contributed by atoms with E-state index in [4.69, 9.17) is 27.9 Å². The number of hydrogen-bond acceptors (Lipinski definition) is 4. The third-order valence-electron chi connectivity index (χ3n) is 5.52. The molecular weight excluding hydrogens is 423 g/mol. The topological polar surface area (TPSA) is 71.2 Å². The number of aromatic nitrogens is 2. The molecule has 0 radical (unpaired) electrons. The highest BCUT2D eigenvalue weighted by atomic mass is 35.5. The Labute approximate surface area is 184 Å². The molecule has 3 aromatic rings. The molecule has 1 aliphatic rings. The largest absolute Gasteiger partial charge is 0.378 e. The lowest BCUT2D eigenvalue weighted by molar-refractivity contribution is 0.0299. The van der Waals surface area contributed by atoms with E-state index in [1.165, 1.54) is 6.20 Å². The minimum absolute atomic E-state index is 0.208. The van der Waals surface area contributed by atoms with Crippen molar-refractivity contribution in [3.05, 3.63) is 62.5 Å². The molecule has 0 spiro atoms. The van der Waals surface area contributed by atoms with E-state index in [0.717, 1.165) is 22.2 Å². The summed E-state index contributed by atoms with van der Waals surface area (Å²) in [5, 5.41) is 11.0. The number of benzene rings is 1. The Bertz CT molecular complexity index is 1190. The summed E-state index contributed by atoms with van der Waals surface area (Å²) in [6, 6.07) is 8.02. The fraction of sp³-hybridized carbons (Fsp3) is 0.318. The molecule has 0 atom stereocenters. The molecule has 8 heteroatoms. The van der Waals surface area contributed by atoms with Crippen molar-refractivity contribution in [1.29, 1.82) is 5.26 Å². The van der Waals surface area contributed by atoms with Gasteiger partial charge in [0.25, 0.3) is 5.91 Å². The molecule has 1 saturated heterocycles. The number of nitrogens with zero attached hydrogens (tertiary/aromatic N) is 4. The number of nitriles is 1. The predicted molar refractivity (Wildman–Crippen MR) is 116 cm³/mol. The average molecular weight is 443 g/mol. The average Bonchev–Trinajstić information content (AvgIpc) is 3.07. The van der Waals surface area contributed by atoms with Crippen molar-refractivity contribution >= 4 is 40.0 Å². The lowest BCUT2D eigenvalue weighted by Crippen LogP contribution is -2.41. The van der Waals surface area contributed by atoms with Crippen LogP contribution in [0.4, 0.5) is 0 Å². The fourth-order valence-electron chi connectivity index (χ4n) is 3.81. The van der Waals surface area contributed by atoms with E-state index in [0.29, 0.717) is 48.9 Å². The quantitative estimate of drug-likeness (QED) is 0.611. The lowest BCUT2D eigenvalue weighted by Gasteiger charge is -2.27. The molecule has 4 rings (SSSR count). The van der Waals surface area contributed by atoms with Crippen molar-refractivity contribution in [2.45, 2.75) is 13.3 Å². The summed E-state index contributed by atoms with van der Waals surface area (Å²) >= 11 is 13.1. The van der Waals surface area contributed by atoms with E-state index in [9.17, 15) is 10.1 Å². The van der Waals surface area contributed by atoms with E-state index in [2.05, 4.69) is 17.1 Å². The van der Waals surface area contributed by atoms with Gasteiger partial charge in [0, 0.05) is 49.4 Å². The van der Waals surface area contributed by atoms with E-state index in [1.807, 2.05) is 30.7 Å². The van der Waals surface area contributed by atoms with Gasteiger partial charge in [0.15, 0.2) is 0 Å². The first-order chi connectivity index (χ1) is 14.4. The molecule has 3 heterocycles. The van der Waals surface area contributed by atoms with Gasteiger partial charge in [0.2, 0.25) is 0 Å². The first kappa shape index (κ1) is 20.7. The van der Waals surface area contributed by atoms with Crippen molar-refractivity contribution in [3.8, 4) is 6.07 Å². The van der Waals surface area contributed by atoms with Gasteiger partial charge in [0.05, 0.1) is 34.9 Å². The molecule has 154 valence electrons. The second-order valence-electron chi connectivity index (χ2n) is 7.36. The third kappa shape index (κ3) is 3.65. The zero-order valence-electron chi connectivity index (χ0n) is 16.7. The van der Waals surface area contributed by atoms with Gasteiger partial charge in [-0.15, -0.1) is 0 Å². The van der Waals surface area contributed by atoms with Crippen LogP contribution in [0, 0.1) is 18.3 Å². The summed E-state index contributed by atoms with van der Waals surface area (Å²) < 4.78 is 7.34. The van der Waals surface area contributed by atoms with Crippen LogP contribution in [0.1, 0.15) is 32.9 Å². The highest BCUT2D eigenvalue weighted by molar-refractivity contribution is 6.37. The van der Waals surface area contributed by atoms with Crippen LogP contribution >= 0.6 is 23.2 Å². The van der Waals surface area contributed by atoms with Crippen LogP contribution in [0.2, 0.25) is 10.0 Å². The Kier molecular flexibility index (Phi) is 5.70. The Hall–Kier alpha value is -2.59. The monoisotopic (exact) mass is 442 g/mol. The van der Waals surface area contributed by atoms with Crippen molar-refractivity contribution in [1.82, 2.24) is 14.5 Å². The van der Waals surface area contributed by atoms with Gasteiger partial charge < -0.3 is 14.2 Å². The predicted octanol–water partition coefficient (Wildman–Crippen LogP) is 4.12. The maximum atomic E-state index is 12.9. The van der Waals surface area contributed by atoms with Crippen LogP contribution in [0.25, 0.3) is 10.9 Å². The molecular formula is C22H20Cl2N4O2. The van der Waals surface area contributed by atoms with Crippen LogP contribution in [0.15, 0.2) is 24.4 Å². The minimum Gasteiger partial charge on any atom is -0.378 e. The minimum atomic E-state index is -0.215. The van der Waals surface area contributed by atoms with Crippen molar-refractivity contribution in [3.63, 3.8) is 0 Å². The maximum absolute atomic E-state index is 12.9. The summed E-state index contributed by atoms with van der Waals surface area (Å²) in [6.07, 6.45) is 1.92. The maximum Gasteiger partial charge on any atom is 0.274 e. The van der Waals surface area contributed by atoms with Crippen molar-refractivity contribution in [2.75, 3.05) is 26.3 Å². The summed E-state index contributed by atoms with van der Waals surface area (Å²) in [5.41, 5.74) is 4.45. The molecule has 1 aromatic carbocycles. The van der Waals surface area contributed by atoms with Gasteiger partial charge in [-0.05, 0) is 36.2 Å². The smallest absolute Gasteiger partial charge is 0.274 e.